The molecular formula is C102H74BBrN6O2. The molecular weight excluding hydrogens is 1430 g/mol. The fraction of sp³-hybridized carbons (Fsp3) is 0.0588. The zero-order valence-corrected chi connectivity index (χ0v) is 63.8. The third-order valence-corrected chi connectivity index (χ3v) is 23.9. The minimum atomic E-state index is -0.414. The molecule has 22 aromatic rings. The molecule has 0 aliphatic carbocycles. The summed E-state index contributed by atoms with van der Waals surface area (Å²) in [7, 11) is -0.414. The number of rotatable bonds is 8. The molecule has 0 unspecified atom stereocenters. The van der Waals surface area contributed by atoms with Gasteiger partial charge in [-0.25, -0.2) is 0 Å². The van der Waals surface area contributed by atoms with Crippen LogP contribution in [-0.4, -0.2) is 45.7 Å². The highest BCUT2D eigenvalue weighted by Crippen LogP contribution is 2.45. The van der Waals surface area contributed by atoms with Crippen molar-refractivity contribution < 1.29 is 9.31 Å². The van der Waals surface area contributed by atoms with Crippen LogP contribution in [0.1, 0.15) is 27.7 Å². The third-order valence-electron chi connectivity index (χ3n) is 23.4. The Bertz CT molecular complexity index is 7430. The van der Waals surface area contributed by atoms with Gasteiger partial charge in [0, 0.05) is 103 Å². The summed E-state index contributed by atoms with van der Waals surface area (Å²) in [5.41, 5.74) is 24.1. The molecule has 16 aromatic carbocycles. The van der Waals surface area contributed by atoms with Crippen molar-refractivity contribution in [1.29, 1.82) is 0 Å². The molecule has 0 saturated carbocycles. The maximum absolute atomic E-state index is 6.45. The highest BCUT2D eigenvalue weighted by Gasteiger charge is 2.52. The van der Waals surface area contributed by atoms with Crippen molar-refractivity contribution in [1.82, 2.24) is 27.4 Å². The molecule has 0 bridgehead atoms. The summed E-state index contributed by atoms with van der Waals surface area (Å²) in [5.74, 6) is 0. The Morgan fingerprint density at radius 3 is 0.768 bits per heavy atom. The number of fused-ring (bicyclic) bond motifs is 18. The molecule has 7 heterocycles. The summed E-state index contributed by atoms with van der Waals surface area (Å²) < 4.78 is 28.3. The fourth-order valence-electron chi connectivity index (χ4n) is 17.5. The van der Waals surface area contributed by atoms with E-state index in [0.717, 1.165) is 38.2 Å². The number of nitrogens with zero attached hydrogens (tertiary/aromatic N) is 6. The van der Waals surface area contributed by atoms with Crippen LogP contribution in [0.25, 0.3) is 176 Å². The Hall–Kier alpha value is -13.2. The van der Waals surface area contributed by atoms with Crippen molar-refractivity contribution >= 4 is 159 Å². The van der Waals surface area contributed by atoms with Crippen LogP contribution in [0.4, 0.5) is 0 Å². The van der Waals surface area contributed by atoms with Gasteiger partial charge in [0.05, 0.1) is 77.4 Å². The van der Waals surface area contributed by atoms with Crippen LogP contribution in [0.15, 0.2) is 381 Å². The molecule has 1 saturated heterocycles. The van der Waals surface area contributed by atoms with Gasteiger partial charge in [-0.1, -0.05) is 222 Å². The second-order valence-electron chi connectivity index (χ2n) is 30.4. The molecule has 23 rings (SSSR count). The van der Waals surface area contributed by atoms with Crippen LogP contribution in [0.3, 0.4) is 0 Å². The first-order chi connectivity index (χ1) is 55.0. The summed E-state index contributed by atoms with van der Waals surface area (Å²) in [6.45, 7) is 8.41. The Morgan fingerprint density at radius 2 is 0.438 bits per heavy atom. The molecule has 0 radical (unpaired) electrons. The fourth-order valence-corrected chi connectivity index (χ4v) is 17.9. The van der Waals surface area contributed by atoms with E-state index in [4.69, 9.17) is 9.31 Å². The van der Waals surface area contributed by atoms with Crippen molar-refractivity contribution in [3.05, 3.63) is 381 Å². The summed E-state index contributed by atoms with van der Waals surface area (Å²) in [4.78, 5) is 0. The Labute approximate surface area is 656 Å². The summed E-state index contributed by atoms with van der Waals surface area (Å²) >= 11 is 3.57. The topological polar surface area (TPSA) is 48.0 Å². The van der Waals surface area contributed by atoms with Gasteiger partial charge in [0.15, 0.2) is 0 Å². The van der Waals surface area contributed by atoms with Crippen LogP contribution in [0.5, 0.6) is 0 Å². The average Bonchev–Trinajstić information content (AvgIpc) is 1.56. The normalized spacial score (nSPS) is 13.5. The molecule has 10 heteroatoms. The summed E-state index contributed by atoms with van der Waals surface area (Å²) in [6.07, 6.45) is 0. The number of aromatic nitrogens is 6. The molecule has 6 aromatic heterocycles. The van der Waals surface area contributed by atoms with E-state index in [-0.39, 0.29) is 0 Å². The zero-order valence-electron chi connectivity index (χ0n) is 62.3. The Morgan fingerprint density at radius 1 is 0.205 bits per heavy atom. The van der Waals surface area contributed by atoms with Gasteiger partial charge in [0.25, 0.3) is 0 Å². The van der Waals surface area contributed by atoms with E-state index >= 15 is 0 Å². The van der Waals surface area contributed by atoms with Crippen molar-refractivity contribution in [2.75, 3.05) is 0 Å². The van der Waals surface area contributed by atoms with Gasteiger partial charge >= 0.3 is 7.12 Å². The molecule has 0 amide bonds. The second-order valence-corrected chi connectivity index (χ2v) is 31.3. The van der Waals surface area contributed by atoms with Gasteiger partial charge in [-0.05, 0) is 214 Å². The van der Waals surface area contributed by atoms with Gasteiger partial charge in [-0.15, -0.1) is 0 Å². The third kappa shape index (κ3) is 10.9. The van der Waals surface area contributed by atoms with E-state index in [1.807, 2.05) is 6.07 Å². The lowest BCUT2D eigenvalue weighted by Crippen LogP contribution is -2.41. The van der Waals surface area contributed by atoms with Gasteiger partial charge < -0.3 is 36.7 Å². The first-order valence-corrected chi connectivity index (χ1v) is 39.2. The van der Waals surface area contributed by atoms with Gasteiger partial charge in [0.1, 0.15) is 0 Å². The van der Waals surface area contributed by atoms with Crippen LogP contribution >= 0.6 is 15.9 Å². The van der Waals surface area contributed by atoms with Gasteiger partial charge in [-0.3, -0.25) is 0 Å². The SMILES string of the molecule is Brc1ccc2c(c1)c1ccccc1n2-c1ccccc1.CC1(C)OB(c2ccc3c(c2)c2cc4c5ccccc5n(-c5ccccc5)c4cc2n3-c2ccccc2)OC1(C)C.c1ccc(-n2c3ccccc3c3cc(-c4ccc5c(c4)c4cc6c7ccccc7n(-c7ccccc7)c6cc4n5-c4ccccc4)ccc32)cc1. The van der Waals surface area contributed by atoms with E-state index in [2.05, 4.69) is 441 Å². The van der Waals surface area contributed by atoms with Crippen molar-refractivity contribution in [2.45, 2.75) is 38.9 Å². The molecule has 0 atom stereocenters. The first kappa shape index (κ1) is 66.9. The molecule has 1 aliphatic heterocycles. The molecule has 0 spiro atoms. The number of hydrogen-bond acceptors (Lipinski definition) is 2. The lowest BCUT2D eigenvalue weighted by Gasteiger charge is -2.32. The standard InChI is InChI=1S/C48H31N3.C36H31BN2O2.C18H12BrN/c1-4-14-34(15-5-1)49-43-22-12-10-20-37(43)39-28-32(24-26-45(39)49)33-25-27-46-40(29-33)42-30-41-38-21-11-13-23-44(38)50(35-16-6-2-7-17-35)47(41)31-48(42)51(46)36-18-8-3-9-19-36;1-35(2)36(3,4)41-37(40-35)24-19-20-32-28(21-24)30-22-29-27-17-11-12-18-31(27)38(25-13-7-5-8-14-25)33(29)23-34(30)39(32)26-15-9-6-10-16-26;19-13-10-11-18-16(12-13)15-8-4-5-9-17(15)20(18)14-6-2-1-3-7-14/h1-31H;5-23H,1-4H3;1-12H. The van der Waals surface area contributed by atoms with Crippen molar-refractivity contribution in [3.8, 4) is 45.3 Å². The number of hydrogen-bond donors (Lipinski definition) is 0. The maximum atomic E-state index is 6.45. The Balaban J connectivity index is 0.000000116. The number of para-hydroxylation sites is 10. The highest BCUT2D eigenvalue weighted by molar-refractivity contribution is 9.10. The quantitative estimate of drug-likeness (QED) is 0.142. The van der Waals surface area contributed by atoms with Crippen LogP contribution < -0.4 is 5.46 Å². The van der Waals surface area contributed by atoms with Gasteiger partial charge in [0.2, 0.25) is 0 Å². The monoisotopic (exact) mass is 1500 g/mol. The lowest BCUT2D eigenvalue weighted by atomic mass is 9.78. The minimum Gasteiger partial charge on any atom is -0.399 e. The Kier molecular flexibility index (Phi) is 15.9. The summed E-state index contributed by atoms with van der Waals surface area (Å²) in [6, 6.07) is 135. The number of halogens is 1. The average molecular weight is 1510 g/mol. The minimum absolute atomic E-state index is 0.393. The van der Waals surface area contributed by atoms with Gasteiger partial charge in [-0.2, -0.15) is 0 Å². The molecule has 1 aliphatic rings. The molecule has 0 N–H and O–H groups in total. The zero-order chi connectivity index (χ0) is 74.9. The molecule has 1 fully saturated rings. The van der Waals surface area contributed by atoms with Crippen LogP contribution in [0.2, 0.25) is 0 Å². The first-order valence-electron chi connectivity index (χ1n) is 38.4. The molecule has 8 nitrogen and oxygen atoms in total. The van der Waals surface area contributed by atoms with E-state index in [1.165, 1.54) is 148 Å². The molecule has 112 heavy (non-hydrogen) atoms. The number of benzene rings is 16. The van der Waals surface area contributed by atoms with Crippen molar-refractivity contribution in [2.24, 2.45) is 0 Å². The van der Waals surface area contributed by atoms with E-state index in [0.29, 0.717) is 0 Å². The van der Waals surface area contributed by atoms with Crippen molar-refractivity contribution in [3.63, 3.8) is 0 Å². The van der Waals surface area contributed by atoms with Crippen LogP contribution in [0, 0.1) is 0 Å². The maximum Gasteiger partial charge on any atom is 0.494 e. The summed E-state index contributed by atoms with van der Waals surface area (Å²) in [5, 5.41) is 15.0. The lowest BCUT2D eigenvalue weighted by molar-refractivity contribution is 0.00578. The smallest absolute Gasteiger partial charge is 0.399 e. The predicted octanol–water partition coefficient (Wildman–Crippen LogP) is 26.4. The highest BCUT2D eigenvalue weighted by atomic mass is 79.9. The van der Waals surface area contributed by atoms with E-state index in [9.17, 15) is 0 Å². The van der Waals surface area contributed by atoms with E-state index in [1.54, 1.807) is 0 Å². The van der Waals surface area contributed by atoms with Crippen LogP contribution in [-0.2, 0) is 9.31 Å². The molecule has 534 valence electrons. The predicted molar refractivity (Wildman–Crippen MR) is 474 cm³/mol. The second kappa shape index (κ2) is 26.5. The largest absolute Gasteiger partial charge is 0.494 e. The van der Waals surface area contributed by atoms with E-state index < -0.39 is 18.3 Å².